The van der Waals surface area contributed by atoms with Crippen molar-refractivity contribution in [1.29, 1.82) is 0 Å². The van der Waals surface area contributed by atoms with Gasteiger partial charge in [0.25, 0.3) is 0 Å². The summed E-state index contributed by atoms with van der Waals surface area (Å²) in [7, 11) is 0. The molecule has 0 bridgehead atoms. The Hall–Kier alpha value is -1.89. The van der Waals surface area contributed by atoms with Gasteiger partial charge in [-0.3, -0.25) is 0 Å². The van der Waals surface area contributed by atoms with Crippen molar-refractivity contribution in [3.8, 4) is 10.7 Å². The molecule has 1 saturated heterocycles. The van der Waals surface area contributed by atoms with Gasteiger partial charge < -0.3 is 14.2 Å². The van der Waals surface area contributed by atoms with Crippen molar-refractivity contribution in [1.82, 2.24) is 15.0 Å². The molecule has 23 heavy (non-hydrogen) atoms. The van der Waals surface area contributed by atoms with Crippen LogP contribution in [0.2, 0.25) is 0 Å². The minimum atomic E-state index is -0.485. The number of nitrogens with zero attached hydrogens (tertiary/aromatic N) is 3. The minimum absolute atomic E-state index is 0.0671. The Kier molecular flexibility index (Phi) is 4.39. The molecule has 1 fully saturated rings. The lowest BCUT2D eigenvalue weighted by Crippen LogP contribution is -2.42. The van der Waals surface area contributed by atoms with Crippen molar-refractivity contribution in [2.24, 2.45) is 0 Å². The molecule has 0 aromatic carbocycles. The third-order valence-electron chi connectivity index (χ3n) is 3.61. The number of carbonyl (C=O) groups is 1. The second-order valence-electron chi connectivity index (χ2n) is 6.70. The third kappa shape index (κ3) is 3.90. The Balaban J connectivity index is 1.68. The number of carbonyl (C=O) groups excluding carboxylic acids is 1. The maximum atomic E-state index is 12.2. The number of ether oxygens (including phenoxy) is 1. The molecule has 0 saturated carbocycles. The minimum Gasteiger partial charge on any atom is -0.444 e. The zero-order valence-corrected chi connectivity index (χ0v) is 14.4. The SMILES string of the molecule is CC(C)(C)OC(=O)N1CCC[C@H](c2nc(-c3cccs3)no2)C1. The van der Waals surface area contributed by atoms with Gasteiger partial charge in [-0.1, -0.05) is 11.2 Å². The Morgan fingerprint density at radius 2 is 2.30 bits per heavy atom. The van der Waals surface area contributed by atoms with Crippen molar-refractivity contribution in [3.63, 3.8) is 0 Å². The first-order valence-electron chi connectivity index (χ1n) is 7.78. The lowest BCUT2D eigenvalue weighted by molar-refractivity contribution is 0.0189. The maximum absolute atomic E-state index is 12.2. The molecule has 1 aliphatic heterocycles. The molecule has 3 rings (SSSR count). The monoisotopic (exact) mass is 335 g/mol. The van der Waals surface area contributed by atoms with E-state index in [1.165, 1.54) is 0 Å². The first kappa shape index (κ1) is 16.0. The highest BCUT2D eigenvalue weighted by Gasteiger charge is 2.31. The van der Waals surface area contributed by atoms with Crippen LogP contribution in [0.25, 0.3) is 10.7 Å². The van der Waals surface area contributed by atoms with Crippen LogP contribution >= 0.6 is 11.3 Å². The van der Waals surface area contributed by atoms with Gasteiger partial charge in [-0.05, 0) is 45.1 Å². The number of thiophene rings is 1. The molecule has 0 unspecified atom stereocenters. The van der Waals surface area contributed by atoms with E-state index in [1.54, 1.807) is 16.2 Å². The molecule has 1 amide bonds. The van der Waals surface area contributed by atoms with E-state index in [4.69, 9.17) is 9.26 Å². The highest BCUT2D eigenvalue weighted by Crippen LogP contribution is 2.29. The van der Waals surface area contributed by atoms with Gasteiger partial charge in [0.05, 0.1) is 10.8 Å². The molecule has 2 aromatic heterocycles. The fourth-order valence-corrected chi connectivity index (χ4v) is 3.23. The van der Waals surface area contributed by atoms with Crippen LogP contribution in [0.15, 0.2) is 22.0 Å². The van der Waals surface area contributed by atoms with E-state index in [-0.39, 0.29) is 12.0 Å². The molecule has 0 N–H and O–H groups in total. The number of hydrogen-bond acceptors (Lipinski definition) is 6. The van der Waals surface area contributed by atoms with Gasteiger partial charge in [0.2, 0.25) is 11.7 Å². The zero-order chi connectivity index (χ0) is 16.4. The zero-order valence-electron chi connectivity index (χ0n) is 13.6. The normalized spacial score (nSPS) is 18.9. The van der Waals surface area contributed by atoms with Crippen molar-refractivity contribution in [2.45, 2.75) is 45.1 Å². The lowest BCUT2D eigenvalue weighted by atomic mass is 9.98. The van der Waals surface area contributed by atoms with Gasteiger partial charge in [-0.15, -0.1) is 11.3 Å². The summed E-state index contributed by atoms with van der Waals surface area (Å²) in [6.07, 6.45) is 1.56. The molecular formula is C16H21N3O3S. The van der Waals surface area contributed by atoms with Crippen LogP contribution in [0.1, 0.15) is 45.4 Å². The summed E-state index contributed by atoms with van der Waals surface area (Å²) in [5.74, 6) is 1.28. The third-order valence-corrected chi connectivity index (χ3v) is 4.47. The maximum Gasteiger partial charge on any atom is 0.410 e. The Morgan fingerprint density at radius 1 is 1.48 bits per heavy atom. The summed E-state index contributed by atoms with van der Waals surface area (Å²) in [6.45, 7) is 6.88. The predicted molar refractivity (Wildman–Crippen MR) is 87.4 cm³/mol. The highest BCUT2D eigenvalue weighted by molar-refractivity contribution is 7.13. The van der Waals surface area contributed by atoms with Crippen LogP contribution in [-0.2, 0) is 4.74 Å². The summed E-state index contributed by atoms with van der Waals surface area (Å²) >= 11 is 1.58. The molecule has 3 heterocycles. The van der Waals surface area contributed by atoms with E-state index in [2.05, 4.69) is 10.1 Å². The standard InChI is InChI=1S/C16H21N3O3S/c1-16(2,3)21-15(20)19-8-4-6-11(10-19)14-17-13(18-22-14)12-7-5-9-23-12/h5,7,9,11H,4,6,8,10H2,1-3H3/t11-/m0/s1. The van der Waals surface area contributed by atoms with Crippen LogP contribution in [-0.4, -0.2) is 39.8 Å². The van der Waals surface area contributed by atoms with Gasteiger partial charge in [-0.2, -0.15) is 4.98 Å². The van der Waals surface area contributed by atoms with Crippen molar-refractivity contribution in [3.05, 3.63) is 23.4 Å². The summed E-state index contributed by atoms with van der Waals surface area (Å²) < 4.78 is 10.9. The molecule has 1 atom stereocenters. The van der Waals surface area contributed by atoms with Crippen LogP contribution in [0.5, 0.6) is 0 Å². The number of aromatic nitrogens is 2. The molecule has 7 heteroatoms. The molecule has 0 aliphatic carbocycles. The number of rotatable bonds is 2. The van der Waals surface area contributed by atoms with E-state index >= 15 is 0 Å². The molecule has 2 aromatic rings. The molecule has 6 nitrogen and oxygen atoms in total. The van der Waals surface area contributed by atoms with E-state index in [0.29, 0.717) is 24.8 Å². The van der Waals surface area contributed by atoms with E-state index in [1.807, 2.05) is 38.3 Å². The van der Waals surface area contributed by atoms with Gasteiger partial charge in [0.15, 0.2) is 0 Å². The molecular weight excluding hydrogens is 314 g/mol. The van der Waals surface area contributed by atoms with Gasteiger partial charge in [0.1, 0.15) is 5.60 Å². The van der Waals surface area contributed by atoms with Crippen molar-refractivity contribution < 1.29 is 14.1 Å². The summed E-state index contributed by atoms with van der Waals surface area (Å²) in [5.41, 5.74) is -0.485. The molecule has 124 valence electrons. The first-order valence-corrected chi connectivity index (χ1v) is 8.66. The molecule has 0 spiro atoms. The lowest BCUT2D eigenvalue weighted by Gasteiger charge is -2.32. The number of hydrogen-bond donors (Lipinski definition) is 0. The van der Waals surface area contributed by atoms with Crippen molar-refractivity contribution >= 4 is 17.4 Å². The van der Waals surface area contributed by atoms with E-state index in [9.17, 15) is 4.79 Å². The van der Waals surface area contributed by atoms with Gasteiger partial charge in [-0.25, -0.2) is 4.79 Å². The fourth-order valence-electron chi connectivity index (χ4n) is 2.58. The van der Waals surface area contributed by atoms with Crippen LogP contribution in [0.3, 0.4) is 0 Å². The smallest absolute Gasteiger partial charge is 0.410 e. The number of amides is 1. The molecule has 0 radical (unpaired) electrons. The van der Waals surface area contributed by atoms with Crippen LogP contribution < -0.4 is 0 Å². The highest BCUT2D eigenvalue weighted by atomic mass is 32.1. The summed E-state index contributed by atoms with van der Waals surface area (Å²) in [6, 6.07) is 3.92. The van der Waals surface area contributed by atoms with Crippen LogP contribution in [0.4, 0.5) is 4.79 Å². The number of piperidine rings is 1. The average Bonchev–Trinajstić information content (AvgIpc) is 3.17. The summed E-state index contributed by atoms with van der Waals surface area (Å²) in [5, 5.41) is 6.04. The second-order valence-corrected chi connectivity index (χ2v) is 7.65. The van der Waals surface area contributed by atoms with Gasteiger partial charge in [0, 0.05) is 13.1 Å². The Morgan fingerprint density at radius 3 is 3.00 bits per heavy atom. The quantitative estimate of drug-likeness (QED) is 0.832. The van der Waals surface area contributed by atoms with Crippen LogP contribution in [0, 0.1) is 0 Å². The van der Waals surface area contributed by atoms with Crippen molar-refractivity contribution in [2.75, 3.05) is 13.1 Å². The largest absolute Gasteiger partial charge is 0.444 e. The average molecular weight is 335 g/mol. The predicted octanol–water partition coefficient (Wildman–Crippen LogP) is 3.91. The number of likely N-dealkylation sites (tertiary alicyclic amines) is 1. The van der Waals surface area contributed by atoms with E-state index < -0.39 is 5.60 Å². The van der Waals surface area contributed by atoms with E-state index in [0.717, 1.165) is 17.7 Å². The second kappa shape index (κ2) is 6.31. The van der Waals surface area contributed by atoms with Gasteiger partial charge >= 0.3 is 6.09 Å². The fraction of sp³-hybridized carbons (Fsp3) is 0.562. The molecule has 1 aliphatic rings. The summed E-state index contributed by atoms with van der Waals surface area (Å²) in [4.78, 5) is 19.4. The topological polar surface area (TPSA) is 68.5 Å². The Labute approximate surface area is 139 Å². The first-order chi connectivity index (χ1) is 10.9. The Bertz CT molecular complexity index is 660.